The fraction of sp³-hybridized carbons (Fsp3) is 0.273. The van der Waals surface area contributed by atoms with Crippen LogP contribution in [0.2, 0.25) is 0 Å². The van der Waals surface area contributed by atoms with E-state index in [1.165, 1.54) is 0 Å². The van der Waals surface area contributed by atoms with Crippen molar-refractivity contribution in [3.05, 3.63) is 39.4 Å². The summed E-state index contributed by atoms with van der Waals surface area (Å²) in [6.45, 7) is 0.0811. The number of carboxylic acid groups (broad SMARTS) is 1. The molecule has 8 nitrogen and oxygen atoms in total. The van der Waals surface area contributed by atoms with Crippen LogP contribution in [0.25, 0.3) is 0 Å². The first kappa shape index (κ1) is 14.6. The summed E-state index contributed by atoms with van der Waals surface area (Å²) in [5.41, 5.74) is -0.990. The van der Waals surface area contributed by atoms with E-state index < -0.39 is 28.1 Å². The predicted molar refractivity (Wildman–Crippen MR) is 64.1 cm³/mol. The van der Waals surface area contributed by atoms with E-state index in [-0.39, 0.29) is 18.7 Å². The van der Waals surface area contributed by atoms with Gasteiger partial charge >= 0.3 is 5.97 Å². The van der Waals surface area contributed by atoms with Crippen molar-refractivity contribution in [2.75, 3.05) is 13.2 Å². The molecule has 1 amide bonds. The summed E-state index contributed by atoms with van der Waals surface area (Å²) in [5.74, 6) is -2.07. The van der Waals surface area contributed by atoms with E-state index in [0.717, 1.165) is 18.2 Å². The van der Waals surface area contributed by atoms with Gasteiger partial charge in [-0.25, -0.2) is 4.79 Å². The van der Waals surface area contributed by atoms with Crippen molar-refractivity contribution in [1.29, 1.82) is 0 Å². The number of aliphatic hydroxyl groups excluding tert-OH is 1. The SMILES string of the molecule is O=C(O)c1cc([N+](=O)[O-])ccc1C(=O)NCCCO. The first-order valence-electron chi connectivity index (χ1n) is 5.38. The van der Waals surface area contributed by atoms with E-state index in [2.05, 4.69) is 5.32 Å². The third kappa shape index (κ3) is 3.75. The molecule has 0 bridgehead atoms. The van der Waals surface area contributed by atoms with E-state index in [1.54, 1.807) is 0 Å². The average Bonchev–Trinajstić information content (AvgIpc) is 2.38. The number of nitro benzene ring substituents is 1. The molecule has 0 radical (unpaired) electrons. The van der Waals surface area contributed by atoms with Gasteiger partial charge in [-0.1, -0.05) is 0 Å². The first-order chi connectivity index (χ1) is 8.97. The van der Waals surface area contributed by atoms with Gasteiger partial charge < -0.3 is 15.5 Å². The van der Waals surface area contributed by atoms with Crippen molar-refractivity contribution in [2.24, 2.45) is 0 Å². The molecule has 0 unspecified atom stereocenters. The van der Waals surface area contributed by atoms with Crippen molar-refractivity contribution in [1.82, 2.24) is 5.32 Å². The molecule has 1 aromatic rings. The molecule has 0 atom stereocenters. The highest BCUT2D eigenvalue weighted by molar-refractivity contribution is 6.05. The largest absolute Gasteiger partial charge is 0.478 e. The van der Waals surface area contributed by atoms with Crippen LogP contribution in [0.3, 0.4) is 0 Å². The summed E-state index contributed by atoms with van der Waals surface area (Å²) < 4.78 is 0. The Kier molecular flexibility index (Phi) is 4.95. The number of benzene rings is 1. The summed E-state index contributed by atoms with van der Waals surface area (Å²) in [7, 11) is 0. The van der Waals surface area contributed by atoms with Gasteiger partial charge in [0.1, 0.15) is 0 Å². The van der Waals surface area contributed by atoms with Gasteiger partial charge in [0, 0.05) is 25.3 Å². The van der Waals surface area contributed by atoms with Crippen molar-refractivity contribution in [2.45, 2.75) is 6.42 Å². The van der Waals surface area contributed by atoms with Crippen LogP contribution in [0.4, 0.5) is 5.69 Å². The number of amides is 1. The number of carboxylic acids is 1. The highest BCUT2D eigenvalue weighted by Gasteiger charge is 2.20. The van der Waals surface area contributed by atoms with Crippen molar-refractivity contribution in [3.63, 3.8) is 0 Å². The maximum absolute atomic E-state index is 11.7. The standard InChI is InChI=1S/C11H12N2O6/c14-5-1-4-12-10(15)8-3-2-7(13(18)19)6-9(8)11(16)17/h2-3,6,14H,1,4-5H2,(H,12,15)(H,16,17). The average molecular weight is 268 g/mol. The van der Waals surface area contributed by atoms with Crippen LogP contribution < -0.4 is 5.32 Å². The minimum absolute atomic E-state index is 0.105. The van der Waals surface area contributed by atoms with Gasteiger partial charge in [-0.05, 0) is 12.5 Å². The smallest absolute Gasteiger partial charge is 0.336 e. The van der Waals surface area contributed by atoms with E-state index >= 15 is 0 Å². The topological polar surface area (TPSA) is 130 Å². The lowest BCUT2D eigenvalue weighted by Gasteiger charge is -2.07. The molecular formula is C11H12N2O6. The second-order valence-corrected chi connectivity index (χ2v) is 3.63. The van der Waals surface area contributed by atoms with Crippen molar-refractivity contribution < 1.29 is 24.7 Å². The minimum atomic E-state index is -1.42. The molecule has 0 fully saturated rings. The molecule has 1 rings (SSSR count). The molecule has 0 aromatic heterocycles. The maximum atomic E-state index is 11.7. The normalized spacial score (nSPS) is 9.95. The Morgan fingerprint density at radius 3 is 2.53 bits per heavy atom. The fourth-order valence-electron chi connectivity index (χ4n) is 1.40. The number of carbonyl (C=O) groups excluding carboxylic acids is 1. The number of hydrogen-bond donors (Lipinski definition) is 3. The predicted octanol–water partition coefficient (Wildman–Crippen LogP) is 0.405. The Balaban J connectivity index is 3.03. The third-order valence-corrected chi connectivity index (χ3v) is 2.31. The zero-order valence-electron chi connectivity index (χ0n) is 9.83. The third-order valence-electron chi connectivity index (χ3n) is 2.31. The van der Waals surface area contributed by atoms with Crippen molar-refractivity contribution >= 4 is 17.6 Å². The minimum Gasteiger partial charge on any atom is -0.478 e. The molecule has 3 N–H and O–H groups in total. The van der Waals surface area contributed by atoms with Gasteiger partial charge in [-0.3, -0.25) is 14.9 Å². The van der Waals surface area contributed by atoms with Crippen molar-refractivity contribution in [3.8, 4) is 0 Å². The second-order valence-electron chi connectivity index (χ2n) is 3.63. The quantitative estimate of drug-likeness (QED) is 0.389. The lowest BCUT2D eigenvalue weighted by molar-refractivity contribution is -0.384. The van der Waals surface area contributed by atoms with Crippen LogP contribution in [-0.2, 0) is 0 Å². The summed E-state index contributed by atoms with van der Waals surface area (Å²) in [4.78, 5) is 32.5. The van der Waals surface area contributed by atoms with Crippen LogP contribution in [0.15, 0.2) is 18.2 Å². The molecule has 0 aliphatic heterocycles. The van der Waals surface area contributed by atoms with Gasteiger partial charge in [0.05, 0.1) is 16.1 Å². The highest BCUT2D eigenvalue weighted by atomic mass is 16.6. The number of carbonyl (C=O) groups is 2. The van der Waals surface area contributed by atoms with Crippen LogP contribution in [0, 0.1) is 10.1 Å². The number of aromatic carboxylic acids is 1. The molecule has 0 aliphatic rings. The molecule has 19 heavy (non-hydrogen) atoms. The summed E-state index contributed by atoms with van der Waals surface area (Å²) >= 11 is 0. The molecule has 0 saturated carbocycles. The number of hydrogen-bond acceptors (Lipinski definition) is 5. The van der Waals surface area contributed by atoms with Gasteiger partial charge in [0.25, 0.3) is 11.6 Å². The van der Waals surface area contributed by atoms with Gasteiger partial charge in [0.2, 0.25) is 0 Å². The van der Waals surface area contributed by atoms with Crippen LogP contribution >= 0.6 is 0 Å². The number of non-ortho nitro benzene ring substituents is 1. The number of nitrogens with one attached hydrogen (secondary N) is 1. The van der Waals surface area contributed by atoms with E-state index in [4.69, 9.17) is 10.2 Å². The Bertz CT molecular complexity index is 514. The number of rotatable bonds is 6. The fourth-order valence-corrected chi connectivity index (χ4v) is 1.40. The van der Waals surface area contributed by atoms with Crippen LogP contribution in [0.1, 0.15) is 27.1 Å². The van der Waals surface area contributed by atoms with E-state index in [9.17, 15) is 19.7 Å². The molecule has 1 aromatic carbocycles. The van der Waals surface area contributed by atoms with E-state index in [1.807, 2.05) is 0 Å². The van der Waals surface area contributed by atoms with Crippen LogP contribution in [0.5, 0.6) is 0 Å². The summed E-state index contributed by atoms with van der Waals surface area (Å²) in [6.07, 6.45) is 0.334. The zero-order valence-corrected chi connectivity index (χ0v) is 9.83. The second kappa shape index (κ2) is 6.45. The molecule has 8 heteroatoms. The summed E-state index contributed by atoms with van der Waals surface area (Å²) in [6, 6.07) is 2.99. The molecule has 0 heterocycles. The molecule has 0 spiro atoms. The van der Waals surface area contributed by atoms with Gasteiger partial charge in [0.15, 0.2) is 0 Å². The molecule has 0 saturated heterocycles. The monoisotopic (exact) mass is 268 g/mol. The lowest BCUT2D eigenvalue weighted by Crippen LogP contribution is -2.26. The molecular weight excluding hydrogens is 256 g/mol. The Hall–Kier alpha value is -2.48. The first-order valence-corrected chi connectivity index (χ1v) is 5.38. The molecule has 0 aliphatic carbocycles. The van der Waals surface area contributed by atoms with Gasteiger partial charge in [-0.2, -0.15) is 0 Å². The summed E-state index contributed by atoms with van der Waals surface area (Å²) in [5, 5.41) is 30.5. The highest BCUT2D eigenvalue weighted by Crippen LogP contribution is 2.18. The number of nitrogens with zero attached hydrogens (tertiary/aromatic N) is 1. The lowest BCUT2D eigenvalue weighted by atomic mass is 10.1. The zero-order chi connectivity index (χ0) is 14.4. The number of nitro groups is 1. The number of aliphatic hydroxyl groups is 1. The Morgan fingerprint density at radius 1 is 1.32 bits per heavy atom. The van der Waals surface area contributed by atoms with Crippen LogP contribution in [-0.4, -0.2) is 40.2 Å². The Morgan fingerprint density at radius 2 is 2.00 bits per heavy atom. The maximum Gasteiger partial charge on any atom is 0.336 e. The molecule has 102 valence electrons. The van der Waals surface area contributed by atoms with Gasteiger partial charge in [-0.15, -0.1) is 0 Å². The Labute approximate surface area is 107 Å². The van der Waals surface area contributed by atoms with E-state index in [0.29, 0.717) is 6.42 Å².